The molecular weight excluding hydrogens is 236 g/mol. The van der Waals surface area contributed by atoms with Gasteiger partial charge in [-0.3, -0.25) is 5.10 Å². The summed E-state index contributed by atoms with van der Waals surface area (Å²) in [5.41, 5.74) is 3.70. The number of hydrogen-bond donors (Lipinski definition) is 1. The number of rotatable bonds is 1. The van der Waals surface area contributed by atoms with Gasteiger partial charge in [-0.05, 0) is 30.2 Å². The Morgan fingerprint density at radius 2 is 2.12 bits per heavy atom. The lowest BCUT2D eigenvalue weighted by Gasteiger charge is -2.04. The van der Waals surface area contributed by atoms with Crippen LogP contribution in [0.5, 0.6) is 0 Å². The Hall–Kier alpha value is -1.94. The van der Waals surface area contributed by atoms with Crippen LogP contribution < -0.4 is 0 Å². The van der Waals surface area contributed by atoms with Crippen LogP contribution in [0, 0.1) is 6.92 Å². The first kappa shape index (κ1) is 10.2. The maximum Gasteiger partial charge on any atom is 0.223 e. The van der Waals surface area contributed by atoms with Gasteiger partial charge in [-0.15, -0.1) is 0 Å². The molecule has 0 spiro atoms. The molecule has 1 N–H and O–H groups in total. The van der Waals surface area contributed by atoms with Crippen molar-refractivity contribution in [1.29, 1.82) is 0 Å². The first-order valence-corrected chi connectivity index (χ1v) is 5.55. The lowest BCUT2D eigenvalue weighted by Crippen LogP contribution is -1.90. The van der Waals surface area contributed by atoms with Crippen molar-refractivity contribution in [3.63, 3.8) is 0 Å². The summed E-state index contributed by atoms with van der Waals surface area (Å²) >= 11 is 5.94. The summed E-state index contributed by atoms with van der Waals surface area (Å²) in [6.45, 7) is 2.02. The predicted molar refractivity (Wildman–Crippen MR) is 66.9 cm³/mol. The molecule has 2 aromatic heterocycles. The number of nitrogens with zero attached hydrogens (tertiary/aromatic N) is 3. The van der Waals surface area contributed by atoms with Crippen molar-refractivity contribution in [2.45, 2.75) is 6.92 Å². The van der Waals surface area contributed by atoms with E-state index >= 15 is 0 Å². The van der Waals surface area contributed by atoms with E-state index in [-0.39, 0.29) is 5.28 Å². The molecular formula is C12H9ClN4. The number of hydrogen-bond acceptors (Lipinski definition) is 3. The van der Waals surface area contributed by atoms with Crippen molar-refractivity contribution in [2.24, 2.45) is 0 Å². The van der Waals surface area contributed by atoms with Gasteiger partial charge in [-0.25, -0.2) is 9.97 Å². The number of nitrogens with one attached hydrogen (secondary N) is 1. The molecule has 0 atom stereocenters. The van der Waals surface area contributed by atoms with Gasteiger partial charge >= 0.3 is 0 Å². The van der Waals surface area contributed by atoms with Gasteiger partial charge in [0, 0.05) is 17.1 Å². The zero-order valence-corrected chi connectivity index (χ0v) is 9.86. The quantitative estimate of drug-likeness (QED) is 0.670. The minimum absolute atomic E-state index is 0.249. The third-order valence-corrected chi connectivity index (χ3v) is 2.77. The molecule has 0 aliphatic carbocycles. The summed E-state index contributed by atoms with van der Waals surface area (Å²) in [6, 6.07) is 6.03. The summed E-state index contributed by atoms with van der Waals surface area (Å²) in [7, 11) is 0. The standard InChI is InChI=1S/C12H9ClN4/c1-7-2-3-9-10(4-7)16-12(13)17-11(9)8-5-14-15-6-8/h2-6H,1H3,(H,14,15). The molecule has 0 unspecified atom stereocenters. The van der Waals surface area contributed by atoms with Crippen LogP contribution in [0.1, 0.15) is 5.56 Å². The van der Waals surface area contributed by atoms with Crippen LogP contribution in [-0.4, -0.2) is 20.2 Å². The molecule has 0 fully saturated rings. The smallest absolute Gasteiger partial charge is 0.223 e. The number of aromatic nitrogens is 4. The molecule has 5 heteroatoms. The Kier molecular flexibility index (Phi) is 2.30. The molecule has 3 aromatic rings. The van der Waals surface area contributed by atoms with Crippen molar-refractivity contribution in [2.75, 3.05) is 0 Å². The zero-order valence-electron chi connectivity index (χ0n) is 9.11. The van der Waals surface area contributed by atoms with Crippen LogP contribution in [0.2, 0.25) is 5.28 Å². The summed E-state index contributed by atoms with van der Waals surface area (Å²) in [4.78, 5) is 8.50. The lowest BCUT2D eigenvalue weighted by molar-refractivity contribution is 1.09. The van der Waals surface area contributed by atoms with E-state index < -0.39 is 0 Å². The van der Waals surface area contributed by atoms with Crippen LogP contribution in [0.25, 0.3) is 22.2 Å². The summed E-state index contributed by atoms with van der Waals surface area (Å²) in [5, 5.41) is 7.92. The van der Waals surface area contributed by atoms with E-state index in [0.29, 0.717) is 0 Å². The maximum absolute atomic E-state index is 5.94. The van der Waals surface area contributed by atoms with Crippen LogP contribution in [0.3, 0.4) is 0 Å². The normalized spacial score (nSPS) is 10.9. The van der Waals surface area contributed by atoms with Crippen molar-refractivity contribution in [3.8, 4) is 11.3 Å². The molecule has 17 heavy (non-hydrogen) atoms. The van der Waals surface area contributed by atoms with Gasteiger partial charge in [0.15, 0.2) is 0 Å². The lowest BCUT2D eigenvalue weighted by atomic mass is 10.1. The molecule has 1 aromatic carbocycles. The first-order valence-electron chi connectivity index (χ1n) is 5.17. The van der Waals surface area contributed by atoms with Crippen molar-refractivity contribution in [3.05, 3.63) is 41.4 Å². The highest BCUT2D eigenvalue weighted by atomic mass is 35.5. The second-order valence-electron chi connectivity index (χ2n) is 3.85. The van der Waals surface area contributed by atoms with E-state index in [4.69, 9.17) is 11.6 Å². The Bertz CT molecular complexity index is 671. The molecule has 0 bridgehead atoms. The Morgan fingerprint density at radius 1 is 1.24 bits per heavy atom. The fourth-order valence-corrected chi connectivity index (χ4v) is 1.99. The SMILES string of the molecule is Cc1ccc2c(-c3cn[nH]c3)nc(Cl)nc2c1. The van der Waals surface area contributed by atoms with E-state index in [2.05, 4.69) is 20.2 Å². The van der Waals surface area contributed by atoms with E-state index in [1.165, 1.54) is 0 Å². The Morgan fingerprint density at radius 3 is 2.88 bits per heavy atom. The summed E-state index contributed by atoms with van der Waals surface area (Å²) < 4.78 is 0. The molecule has 0 aliphatic heterocycles. The average Bonchev–Trinajstić information content (AvgIpc) is 2.80. The Balaban J connectivity index is 2.38. The average molecular weight is 245 g/mol. The number of fused-ring (bicyclic) bond motifs is 1. The van der Waals surface area contributed by atoms with Gasteiger partial charge in [-0.1, -0.05) is 12.1 Å². The van der Waals surface area contributed by atoms with E-state index in [0.717, 1.165) is 27.7 Å². The molecule has 4 nitrogen and oxygen atoms in total. The van der Waals surface area contributed by atoms with E-state index in [1.807, 2.05) is 25.1 Å². The highest BCUT2D eigenvalue weighted by molar-refractivity contribution is 6.28. The predicted octanol–water partition coefficient (Wildman–Crippen LogP) is 2.98. The van der Waals surface area contributed by atoms with Crippen LogP contribution in [0.4, 0.5) is 0 Å². The number of aryl methyl sites for hydroxylation is 1. The van der Waals surface area contributed by atoms with E-state index in [9.17, 15) is 0 Å². The Labute approximate surface area is 103 Å². The van der Waals surface area contributed by atoms with Crippen LogP contribution >= 0.6 is 11.6 Å². The van der Waals surface area contributed by atoms with Gasteiger partial charge in [0.1, 0.15) is 0 Å². The van der Waals surface area contributed by atoms with Gasteiger partial charge in [0.2, 0.25) is 5.28 Å². The number of benzene rings is 1. The van der Waals surface area contributed by atoms with E-state index in [1.54, 1.807) is 12.4 Å². The molecule has 0 saturated heterocycles. The van der Waals surface area contributed by atoms with Gasteiger partial charge in [0.25, 0.3) is 0 Å². The zero-order chi connectivity index (χ0) is 11.8. The minimum Gasteiger partial charge on any atom is -0.285 e. The van der Waals surface area contributed by atoms with Crippen LogP contribution in [-0.2, 0) is 0 Å². The molecule has 0 saturated carbocycles. The molecule has 2 heterocycles. The summed E-state index contributed by atoms with van der Waals surface area (Å²) in [5.74, 6) is 0. The molecule has 0 radical (unpaired) electrons. The highest BCUT2D eigenvalue weighted by Crippen LogP contribution is 2.26. The van der Waals surface area contributed by atoms with Crippen molar-refractivity contribution in [1.82, 2.24) is 20.2 Å². The maximum atomic E-state index is 5.94. The summed E-state index contributed by atoms with van der Waals surface area (Å²) in [6.07, 6.45) is 3.51. The number of aromatic amines is 1. The number of halogens is 1. The third-order valence-electron chi connectivity index (χ3n) is 2.60. The second-order valence-corrected chi connectivity index (χ2v) is 4.19. The van der Waals surface area contributed by atoms with Crippen molar-refractivity contribution < 1.29 is 0 Å². The van der Waals surface area contributed by atoms with Gasteiger partial charge in [-0.2, -0.15) is 5.10 Å². The molecule has 3 rings (SSSR count). The fraction of sp³-hybridized carbons (Fsp3) is 0.0833. The second kappa shape index (κ2) is 3.82. The highest BCUT2D eigenvalue weighted by Gasteiger charge is 2.09. The first-order chi connectivity index (χ1) is 8.24. The van der Waals surface area contributed by atoms with Crippen LogP contribution in [0.15, 0.2) is 30.6 Å². The van der Waals surface area contributed by atoms with Crippen molar-refractivity contribution >= 4 is 22.5 Å². The molecule has 0 amide bonds. The van der Waals surface area contributed by atoms with Gasteiger partial charge < -0.3 is 0 Å². The van der Waals surface area contributed by atoms with Gasteiger partial charge in [0.05, 0.1) is 17.4 Å². The molecule has 0 aliphatic rings. The fourth-order valence-electron chi connectivity index (χ4n) is 1.81. The molecule has 84 valence electrons. The minimum atomic E-state index is 0.249. The largest absolute Gasteiger partial charge is 0.285 e. The third kappa shape index (κ3) is 1.76. The monoisotopic (exact) mass is 244 g/mol. The topological polar surface area (TPSA) is 54.5 Å². The number of H-pyrrole nitrogens is 1.